The third-order valence-corrected chi connectivity index (χ3v) is 17.9. The quantitative estimate of drug-likeness (QED) is 0.124. The van der Waals surface area contributed by atoms with Gasteiger partial charge in [0, 0.05) is 54.3 Å². The van der Waals surface area contributed by atoms with Gasteiger partial charge in [-0.2, -0.15) is 20.3 Å². The molecule has 5 aromatic heterocycles. The van der Waals surface area contributed by atoms with Gasteiger partial charge >= 0.3 is 0 Å². The number of nitrogen functional groups attached to an aromatic ring is 1. The number of fused-ring (bicyclic) bond motifs is 5. The van der Waals surface area contributed by atoms with E-state index >= 15 is 4.39 Å². The number of piperidine rings is 3. The zero-order valence-corrected chi connectivity index (χ0v) is 40.8. The molecule has 1 unspecified atom stereocenters. The summed E-state index contributed by atoms with van der Waals surface area (Å²) in [6, 6.07) is 7.54. The molecule has 3 N–H and O–H groups in total. The number of imide groups is 1. The van der Waals surface area contributed by atoms with Crippen LogP contribution < -0.4 is 25.4 Å². The minimum atomic E-state index is -0.583. The first kappa shape index (κ1) is 45.6. The number of benzene rings is 1. The van der Waals surface area contributed by atoms with Crippen LogP contribution >= 0.6 is 11.3 Å². The van der Waals surface area contributed by atoms with Gasteiger partial charge in [0.25, 0.3) is 0 Å². The first-order valence-electron chi connectivity index (χ1n) is 25.2. The topological polar surface area (TPSA) is 216 Å². The average Bonchev–Trinajstić information content (AvgIpc) is 4.17. The molecule has 3 saturated heterocycles. The first-order chi connectivity index (χ1) is 34.5. The molecule has 368 valence electrons. The van der Waals surface area contributed by atoms with Gasteiger partial charge in [-0.15, -0.1) is 11.3 Å². The van der Waals surface area contributed by atoms with Crippen LogP contribution in [0.5, 0.6) is 17.5 Å². The molecule has 6 aliphatic rings. The van der Waals surface area contributed by atoms with Gasteiger partial charge in [0.2, 0.25) is 23.6 Å². The second kappa shape index (κ2) is 18.0. The summed E-state index contributed by atoms with van der Waals surface area (Å²) in [6.45, 7) is 4.98. The standard InChI is InChI=1S/C52H57FN12O5S/c1-63-37-23-38(36(53)22-34(37)44(61-63)33-8-9-40(66)58-49(33)67)65-20-16-50(17-21-65)14-18-64(19-15-50)28-51(10-2-3-11-51)29-68-41-24-42(69-31-26-56-30-57-27-31)60-48(59-41)45-32-6-4-12-52(46(32)70-62-45)13-5-7-39-43(52)35(25-54)47(55)71-39/h22-24,26-27,30,33H,2-21,28-29,55H2,1H3,(H,58,66,67)/t33?,52-/m0/s1. The Bertz CT molecular complexity index is 3080. The number of aryl methyl sites for hydroxylation is 2. The van der Waals surface area contributed by atoms with E-state index in [0.717, 1.165) is 150 Å². The van der Waals surface area contributed by atoms with E-state index in [1.54, 1.807) is 23.1 Å². The van der Waals surface area contributed by atoms with Crippen molar-refractivity contribution in [2.75, 3.05) is 50.0 Å². The molecule has 1 saturated carbocycles. The summed E-state index contributed by atoms with van der Waals surface area (Å²) in [4.78, 5) is 48.6. The summed E-state index contributed by atoms with van der Waals surface area (Å²) in [5.74, 6) is 0.681. The fourth-order valence-electron chi connectivity index (χ4n) is 13.1. The number of ether oxygens (including phenoxy) is 2. The Kier molecular flexibility index (Phi) is 11.5. The van der Waals surface area contributed by atoms with Gasteiger partial charge in [-0.25, -0.2) is 14.4 Å². The Morgan fingerprint density at radius 1 is 0.944 bits per heavy atom. The van der Waals surface area contributed by atoms with Crippen molar-refractivity contribution in [2.24, 2.45) is 17.9 Å². The Balaban J connectivity index is 0.735. The monoisotopic (exact) mass is 980 g/mol. The summed E-state index contributed by atoms with van der Waals surface area (Å²) in [7, 11) is 1.82. The number of anilines is 2. The number of rotatable bonds is 10. The van der Waals surface area contributed by atoms with Gasteiger partial charge in [0.15, 0.2) is 23.0 Å². The van der Waals surface area contributed by atoms with Gasteiger partial charge in [-0.1, -0.05) is 18.0 Å². The molecule has 0 bridgehead atoms. The summed E-state index contributed by atoms with van der Waals surface area (Å²) >= 11 is 1.52. The van der Waals surface area contributed by atoms with Gasteiger partial charge < -0.3 is 29.5 Å². The lowest BCUT2D eigenvalue weighted by Gasteiger charge is -2.48. The zero-order chi connectivity index (χ0) is 48.5. The molecule has 1 aromatic carbocycles. The third-order valence-electron chi connectivity index (χ3n) is 16.9. The Morgan fingerprint density at radius 2 is 1.69 bits per heavy atom. The van der Waals surface area contributed by atoms with E-state index in [9.17, 15) is 14.9 Å². The van der Waals surface area contributed by atoms with Crippen molar-refractivity contribution < 1.29 is 28.0 Å². The van der Waals surface area contributed by atoms with Crippen LogP contribution in [-0.2, 0) is 34.9 Å². The van der Waals surface area contributed by atoms with Crippen LogP contribution in [-0.4, -0.2) is 90.9 Å². The minimum absolute atomic E-state index is 0.0493. The summed E-state index contributed by atoms with van der Waals surface area (Å²) in [5.41, 5.74) is 11.0. The highest BCUT2D eigenvalue weighted by Gasteiger charge is 2.49. The lowest BCUT2D eigenvalue weighted by molar-refractivity contribution is -0.134. The van der Waals surface area contributed by atoms with Gasteiger partial charge in [0.1, 0.15) is 23.2 Å². The molecular formula is C52H57FN12O5S. The number of hydrogen-bond acceptors (Lipinski definition) is 16. The molecule has 19 heteroatoms. The Labute approximate surface area is 414 Å². The number of carbonyl (C=O) groups is 2. The molecule has 6 aromatic rings. The summed E-state index contributed by atoms with van der Waals surface area (Å²) in [6.07, 6.45) is 19.0. The van der Waals surface area contributed by atoms with Crippen molar-refractivity contribution in [2.45, 2.75) is 114 Å². The fraction of sp³-hybridized carbons (Fsp3) is 0.519. The van der Waals surface area contributed by atoms with Crippen molar-refractivity contribution in [3.05, 3.63) is 75.8 Å². The summed E-state index contributed by atoms with van der Waals surface area (Å²) < 4.78 is 37.1. The molecule has 3 aliphatic carbocycles. The molecule has 8 heterocycles. The number of aromatic nitrogens is 7. The average molecular weight is 981 g/mol. The van der Waals surface area contributed by atoms with Crippen molar-refractivity contribution >= 4 is 44.7 Å². The molecule has 2 atom stereocenters. The molecule has 2 amide bonds. The van der Waals surface area contributed by atoms with E-state index in [-0.39, 0.29) is 40.8 Å². The Morgan fingerprint density at radius 3 is 2.45 bits per heavy atom. The number of nitrogens with two attached hydrogens (primary N) is 1. The predicted octanol–water partition coefficient (Wildman–Crippen LogP) is 8.06. The molecule has 3 aliphatic heterocycles. The Hall–Kier alpha value is -6.52. The van der Waals surface area contributed by atoms with E-state index in [0.29, 0.717) is 63.5 Å². The third kappa shape index (κ3) is 8.16. The number of halogens is 1. The van der Waals surface area contributed by atoms with Crippen LogP contribution in [0.4, 0.5) is 15.1 Å². The van der Waals surface area contributed by atoms with Crippen molar-refractivity contribution in [3.8, 4) is 35.1 Å². The lowest BCUT2D eigenvalue weighted by Crippen LogP contribution is -2.49. The SMILES string of the molecule is Cn1nc(C2CCC(=O)NC2=O)c2cc(F)c(N3CCC4(CCN(CC5(COc6cc(Oc7cncnc7)nc(-c7noc8c7CCC[C@@]87CCCc8sc(N)c(C#N)c87)n6)CCCC5)CC4)CC3)cc21. The van der Waals surface area contributed by atoms with Gasteiger partial charge in [-0.05, 0) is 120 Å². The molecule has 2 spiro atoms. The number of nitrogens with one attached hydrogen (secondary N) is 1. The predicted molar refractivity (Wildman–Crippen MR) is 261 cm³/mol. The summed E-state index contributed by atoms with van der Waals surface area (Å²) in [5, 5.41) is 23.1. The van der Waals surface area contributed by atoms with Crippen molar-refractivity contribution in [1.29, 1.82) is 5.26 Å². The van der Waals surface area contributed by atoms with Crippen LogP contribution in [0.1, 0.15) is 129 Å². The van der Waals surface area contributed by atoms with E-state index in [1.165, 1.54) is 23.7 Å². The minimum Gasteiger partial charge on any atom is -0.477 e. The van der Waals surface area contributed by atoms with Crippen LogP contribution in [0.25, 0.3) is 22.4 Å². The lowest BCUT2D eigenvalue weighted by atomic mass is 9.63. The van der Waals surface area contributed by atoms with Crippen LogP contribution in [0.15, 0.2) is 41.4 Å². The molecular weight excluding hydrogens is 924 g/mol. The number of hydrogen-bond donors (Lipinski definition) is 2. The first-order valence-corrected chi connectivity index (χ1v) is 26.1. The maximum Gasteiger partial charge on any atom is 0.235 e. The molecule has 4 fully saturated rings. The molecule has 17 nitrogen and oxygen atoms in total. The van der Waals surface area contributed by atoms with Crippen molar-refractivity contribution in [3.63, 3.8) is 0 Å². The largest absolute Gasteiger partial charge is 0.477 e. The van der Waals surface area contributed by atoms with Crippen LogP contribution in [0.3, 0.4) is 0 Å². The normalized spacial score (nSPS) is 22.9. The van der Waals surface area contributed by atoms with Crippen LogP contribution in [0, 0.1) is 28.0 Å². The second-order valence-electron chi connectivity index (χ2n) is 21.0. The van der Waals surface area contributed by atoms with E-state index in [1.807, 2.05) is 13.1 Å². The number of nitriles is 1. The highest BCUT2D eigenvalue weighted by molar-refractivity contribution is 7.16. The van der Waals surface area contributed by atoms with E-state index in [2.05, 4.69) is 41.4 Å². The number of amides is 2. The van der Waals surface area contributed by atoms with E-state index in [4.69, 9.17) is 29.7 Å². The fourth-order valence-corrected chi connectivity index (χ4v) is 14.3. The number of thiophene rings is 1. The van der Waals surface area contributed by atoms with Crippen molar-refractivity contribution in [1.82, 2.24) is 45.1 Å². The molecule has 71 heavy (non-hydrogen) atoms. The van der Waals surface area contributed by atoms with Gasteiger partial charge in [-0.3, -0.25) is 19.6 Å². The van der Waals surface area contributed by atoms with Gasteiger partial charge in [0.05, 0.1) is 58.9 Å². The number of likely N-dealkylation sites (tertiary alicyclic amines) is 1. The second-order valence-corrected chi connectivity index (χ2v) is 22.2. The highest BCUT2D eigenvalue weighted by Crippen LogP contribution is 2.55. The zero-order valence-electron chi connectivity index (χ0n) is 40.0. The van der Waals surface area contributed by atoms with E-state index < -0.39 is 11.3 Å². The number of carbonyl (C=O) groups excluding carboxylic acids is 2. The highest BCUT2D eigenvalue weighted by atomic mass is 32.1. The maximum absolute atomic E-state index is 16.0. The van der Waals surface area contributed by atoms with Crippen LogP contribution in [0.2, 0.25) is 0 Å². The maximum atomic E-state index is 16.0. The number of nitrogens with zero attached hydrogens (tertiary/aromatic N) is 10. The molecule has 12 rings (SSSR count). The molecule has 0 radical (unpaired) electrons. The smallest absolute Gasteiger partial charge is 0.235 e.